The maximum absolute atomic E-state index is 12.6. The van der Waals surface area contributed by atoms with Crippen LogP contribution in [0.3, 0.4) is 0 Å². The highest BCUT2D eigenvalue weighted by molar-refractivity contribution is 5.90. The molecule has 2 rings (SSSR count). The van der Waals surface area contributed by atoms with Crippen LogP contribution in [0, 0.1) is 5.41 Å². The van der Waals surface area contributed by atoms with E-state index in [1.165, 1.54) is 0 Å². The number of hydrogen-bond acceptors (Lipinski definition) is 4. The lowest BCUT2D eigenvalue weighted by Gasteiger charge is -2.38. The molecule has 0 saturated carbocycles. The molecule has 6 heteroatoms. The largest absolute Gasteiger partial charge is 0.479 e. The Morgan fingerprint density at radius 3 is 2.47 bits per heavy atom. The van der Waals surface area contributed by atoms with Crippen LogP contribution in [0.1, 0.15) is 32.6 Å². The number of ether oxygens (including phenoxy) is 1. The summed E-state index contributed by atoms with van der Waals surface area (Å²) in [6.45, 7) is 4.04. The van der Waals surface area contributed by atoms with Gasteiger partial charge in [0.2, 0.25) is 5.91 Å². The Labute approximate surface area is 112 Å². The summed E-state index contributed by atoms with van der Waals surface area (Å²) < 4.78 is 5.17. The predicted molar refractivity (Wildman–Crippen MR) is 68.8 cm³/mol. The molecule has 3 N–H and O–H groups in total. The lowest BCUT2D eigenvalue weighted by molar-refractivity contribution is -0.150. The predicted octanol–water partition coefficient (Wildman–Crippen LogP) is 0.126. The average molecular weight is 270 g/mol. The van der Waals surface area contributed by atoms with E-state index in [9.17, 15) is 14.7 Å². The first-order valence-corrected chi connectivity index (χ1v) is 6.89. The van der Waals surface area contributed by atoms with Crippen molar-refractivity contribution >= 4 is 11.9 Å². The summed E-state index contributed by atoms with van der Waals surface area (Å²) in [5.74, 6) is -1.14. The molecule has 2 aliphatic rings. The molecule has 0 aliphatic carbocycles. The lowest BCUT2D eigenvalue weighted by atomic mass is 9.75. The first kappa shape index (κ1) is 14.3. The first-order valence-electron chi connectivity index (χ1n) is 6.89. The van der Waals surface area contributed by atoms with Crippen LogP contribution in [0.2, 0.25) is 0 Å². The van der Waals surface area contributed by atoms with Crippen LogP contribution in [-0.2, 0) is 14.3 Å². The zero-order chi connectivity index (χ0) is 13.9. The molecule has 2 heterocycles. The van der Waals surface area contributed by atoms with Crippen molar-refractivity contribution in [3.8, 4) is 0 Å². The van der Waals surface area contributed by atoms with Gasteiger partial charge in [0.1, 0.15) is 0 Å². The van der Waals surface area contributed by atoms with Crippen LogP contribution in [-0.4, -0.2) is 48.8 Å². The van der Waals surface area contributed by atoms with Crippen LogP contribution in [0.15, 0.2) is 0 Å². The Balaban J connectivity index is 2.12. The topological polar surface area (TPSA) is 87.7 Å². The zero-order valence-electron chi connectivity index (χ0n) is 11.3. The molecular formula is C13H22N2O4. The lowest BCUT2D eigenvalue weighted by Crippen LogP contribution is -2.60. The monoisotopic (exact) mass is 270 g/mol. The van der Waals surface area contributed by atoms with Gasteiger partial charge in [-0.25, -0.2) is 4.79 Å². The molecule has 0 radical (unpaired) electrons. The highest BCUT2D eigenvalue weighted by atomic mass is 16.5. The van der Waals surface area contributed by atoms with Gasteiger partial charge in [-0.3, -0.25) is 4.79 Å². The summed E-state index contributed by atoms with van der Waals surface area (Å²) in [6, 6.07) is 0. The van der Waals surface area contributed by atoms with E-state index >= 15 is 0 Å². The van der Waals surface area contributed by atoms with Gasteiger partial charge in [-0.05, 0) is 32.4 Å². The second kappa shape index (κ2) is 5.46. The van der Waals surface area contributed by atoms with E-state index < -0.39 is 16.9 Å². The molecular weight excluding hydrogens is 248 g/mol. The van der Waals surface area contributed by atoms with Gasteiger partial charge in [0, 0.05) is 13.0 Å². The van der Waals surface area contributed by atoms with Crippen LogP contribution in [0.4, 0.5) is 0 Å². The Morgan fingerprint density at radius 1 is 1.32 bits per heavy atom. The van der Waals surface area contributed by atoms with E-state index in [2.05, 4.69) is 10.6 Å². The molecule has 0 aromatic heterocycles. The van der Waals surface area contributed by atoms with Crippen molar-refractivity contribution in [1.82, 2.24) is 10.6 Å². The molecule has 6 nitrogen and oxygen atoms in total. The molecule has 0 aromatic carbocycles. The van der Waals surface area contributed by atoms with E-state index in [-0.39, 0.29) is 12.5 Å². The third-order valence-corrected chi connectivity index (χ3v) is 4.50. The Kier molecular flexibility index (Phi) is 4.10. The zero-order valence-corrected chi connectivity index (χ0v) is 11.3. The SMILES string of the molecule is CCC1(C(=O)NC2(C(=O)O)CCOC2)CCNCC1. The summed E-state index contributed by atoms with van der Waals surface area (Å²) >= 11 is 0. The van der Waals surface area contributed by atoms with E-state index in [0.29, 0.717) is 13.0 Å². The molecule has 19 heavy (non-hydrogen) atoms. The summed E-state index contributed by atoms with van der Waals surface area (Å²) in [6.07, 6.45) is 2.58. The highest BCUT2D eigenvalue weighted by Crippen LogP contribution is 2.34. The second-order valence-corrected chi connectivity index (χ2v) is 5.53. The molecule has 2 fully saturated rings. The van der Waals surface area contributed by atoms with Gasteiger partial charge in [0.05, 0.1) is 12.0 Å². The van der Waals surface area contributed by atoms with Crippen molar-refractivity contribution in [2.24, 2.45) is 5.41 Å². The summed E-state index contributed by atoms with van der Waals surface area (Å²) in [5.41, 5.74) is -1.67. The van der Waals surface area contributed by atoms with Crippen molar-refractivity contribution in [1.29, 1.82) is 0 Å². The van der Waals surface area contributed by atoms with Crippen LogP contribution in [0.5, 0.6) is 0 Å². The standard InChI is InChI=1S/C13H22N2O4/c1-2-12(3-6-14-7-4-12)10(16)15-13(11(17)18)5-8-19-9-13/h14H,2-9H2,1H3,(H,15,16)(H,17,18). The summed E-state index contributed by atoms with van der Waals surface area (Å²) in [5, 5.41) is 15.4. The fourth-order valence-electron chi connectivity index (χ4n) is 2.88. The van der Waals surface area contributed by atoms with E-state index in [4.69, 9.17) is 4.74 Å². The van der Waals surface area contributed by atoms with Gasteiger partial charge in [0.15, 0.2) is 5.54 Å². The molecule has 0 spiro atoms. The summed E-state index contributed by atoms with van der Waals surface area (Å²) in [4.78, 5) is 24.0. The maximum atomic E-state index is 12.6. The van der Waals surface area contributed by atoms with Gasteiger partial charge in [-0.1, -0.05) is 6.92 Å². The average Bonchev–Trinajstić information content (AvgIpc) is 2.89. The van der Waals surface area contributed by atoms with Gasteiger partial charge in [-0.15, -0.1) is 0 Å². The molecule has 0 aromatic rings. The number of piperidine rings is 1. The molecule has 1 unspecified atom stereocenters. The quantitative estimate of drug-likeness (QED) is 0.675. The van der Waals surface area contributed by atoms with Crippen molar-refractivity contribution in [2.45, 2.75) is 38.1 Å². The number of carboxylic acid groups (broad SMARTS) is 1. The number of aliphatic carboxylic acids is 1. The first-order chi connectivity index (χ1) is 9.05. The Bertz CT molecular complexity index is 358. The number of amides is 1. The normalized spacial score (nSPS) is 29.9. The minimum Gasteiger partial charge on any atom is -0.479 e. The highest BCUT2D eigenvalue weighted by Gasteiger charge is 2.48. The third kappa shape index (κ3) is 2.60. The molecule has 1 atom stereocenters. The van der Waals surface area contributed by atoms with Crippen molar-refractivity contribution in [3.05, 3.63) is 0 Å². The Morgan fingerprint density at radius 2 is 2.00 bits per heavy atom. The number of nitrogens with one attached hydrogen (secondary N) is 2. The smallest absolute Gasteiger partial charge is 0.331 e. The van der Waals surface area contributed by atoms with Gasteiger partial charge in [-0.2, -0.15) is 0 Å². The molecule has 2 aliphatic heterocycles. The van der Waals surface area contributed by atoms with E-state index in [1.807, 2.05) is 6.92 Å². The summed E-state index contributed by atoms with van der Waals surface area (Å²) in [7, 11) is 0. The van der Waals surface area contributed by atoms with E-state index in [0.717, 1.165) is 32.4 Å². The molecule has 1 amide bonds. The number of rotatable bonds is 4. The number of carbonyl (C=O) groups is 2. The fraction of sp³-hybridized carbons (Fsp3) is 0.846. The minimum absolute atomic E-state index is 0.0616. The van der Waals surface area contributed by atoms with Gasteiger partial charge in [0.25, 0.3) is 0 Å². The Hall–Kier alpha value is -1.14. The van der Waals surface area contributed by atoms with Crippen LogP contribution >= 0.6 is 0 Å². The van der Waals surface area contributed by atoms with Crippen molar-refractivity contribution < 1.29 is 19.4 Å². The van der Waals surface area contributed by atoms with Crippen molar-refractivity contribution in [2.75, 3.05) is 26.3 Å². The fourth-order valence-corrected chi connectivity index (χ4v) is 2.88. The van der Waals surface area contributed by atoms with Crippen molar-refractivity contribution in [3.63, 3.8) is 0 Å². The minimum atomic E-state index is -1.23. The van der Waals surface area contributed by atoms with Crippen LogP contribution < -0.4 is 10.6 Å². The molecule has 2 saturated heterocycles. The number of hydrogen-bond donors (Lipinski definition) is 3. The van der Waals surface area contributed by atoms with Gasteiger partial charge < -0.3 is 20.5 Å². The van der Waals surface area contributed by atoms with Crippen LogP contribution in [0.25, 0.3) is 0 Å². The third-order valence-electron chi connectivity index (χ3n) is 4.50. The van der Waals surface area contributed by atoms with Gasteiger partial charge >= 0.3 is 5.97 Å². The second-order valence-electron chi connectivity index (χ2n) is 5.53. The van der Waals surface area contributed by atoms with E-state index in [1.54, 1.807) is 0 Å². The number of carbonyl (C=O) groups excluding carboxylic acids is 1. The number of carboxylic acids is 1. The molecule has 0 bridgehead atoms. The maximum Gasteiger partial charge on any atom is 0.331 e. The molecule has 108 valence electrons.